The fraction of sp³-hybridized carbons (Fsp3) is 0.786. The van der Waals surface area contributed by atoms with Crippen molar-refractivity contribution in [2.24, 2.45) is 11.8 Å². The fourth-order valence-electron chi connectivity index (χ4n) is 2.46. The van der Waals surface area contributed by atoms with Crippen LogP contribution in [0.1, 0.15) is 38.4 Å². The van der Waals surface area contributed by atoms with E-state index in [4.69, 9.17) is 10.6 Å². The predicted octanol–water partition coefficient (Wildman–Crippen LogP) is 1.39. The van der Waals surface area contributed by atoms with E-state index in [1.54, 1.807) is 13.3 Å². The molecule has 3 N–H and O–H groups in total. The van der Waals surface area contributed by atoms with Crippen molar-refractivity contribution in [2.45, 2.75) is 39.3 Å². The Morgan fingerprint density at radius 3 is 2.70 bits per heavy atom. The lowest BCUT2D eigenvalue weighted by molar-refractivity contribution is 0.314. The summed E-state index contributed by atoms with van der Waals surface area (Å²) in [6, 6.07) is 0.0505. The Morgan fingerprint density at radius 2 is 2.20 bits per heavy atom. The summed E-state index contributed by atoms with van der Waals surface area (Å²) < 4.78 is 7.45. The molecule has 2 atom stereocenters. The lowest BCUT2D eigenvalue weighted by Gasteiger charge is -2.25. The molecule has 0 bridgehead atoms. The van der Waals surface area contributed by atoms with E-state index in [0.29, 0.717) is 5.92 Å². The quantitative estimate of drug-likeness (QED) is 0.529. The highest BCUT2D eigenvalue weighted by Crippen LogP contribution is 2.31. The lowest BCUT2D eigenvalue weighted by atomic mass is 9.94. The number of hydrogen-bond donors (Lipinski definition) is 2. The predicted molar refractivity (Wildman–Crippen MR) is 81.5 cm³/mol. The van der Waals surface area contributed by atoms with Crippen LogP contribution in [0.4, 0.5) is 0 Å². The van der Waals surface area contributed by atoms with E-state index in [-0.39, 0.29) is 6.04 Å². The zero-order chi connectivity index (χ0) is 15.1. The number of nitrogens with two attached hydrogens (primary N) is 1. The molecule has 0 saturated carbocycles. The summed E-state index contributed by atoms with van der Waals surface area (Å²) in [6.45, 7) is 6.14. The first-order valence-electron chi connectivity index (χ1n) is 7.25. The van der Waals surface area contributed by atoms with Crippen LogP contribution < -0.4 is 16.0 Å². The van der Waals surface area contributed by atoms with Crippen molar-refractivity contribution in [3.8, 4) is 5.75 Å². The first-order chi connectivity index (χ1) is 9.54. The van der Waals surface area contributed by atoms with Gasteiger partial charge in [0.2, 0.25) is 0 Å². The van der Waals surface area contributed by atoms with Crippen molar-refractivity contribution in [2.75, 3.05) is 27.7 Å². The number of nitrogens with zero attached hydrogens (tertiary/aromatic N) is 3. The summed E-state index contributed by atoms with van der Waals surface area (Å²) in [7, 11) is 5.78. The molecule has 0 amide bonds. The van der Waals surface area contributed by atoms with E-state index in [9.17, 15) is 0 Å². The maximum absolute atomic E-state index is 5.79. The third-order valence-corrected chi connectivity index (χ3v) is 3.61. The molecular formula is C14H29N5O. The second-order valence-electron chi connectivity index (χ2n) is 5.53. The molecule has 6 nitrogen and oxygen atoms in total. The summed E-state index contributed by atoms with van der Waals surface area (Å²) in [5.74, 6) is 7.01. The van der Waals surface area contributed by atoms with Crippen LogP contribution in [0.15, 0.2) is 6.20 Å². The van der Waals surface area contributed by atoms with Gasteiger partial charge in [-0.15, -0.1) is 0 Å². The van der Waals surface area contributed by atoms with Gasteiger partial charge in [0.25, 0.3) is 0 Å². The summed E-state index contributed by atoms with van der Waals surface area (Å²) in [6.07, 6.45) is 4.01. The van der Waals surface area contributed by atoms with E-state index >= 15 is 0 Å². The summed E-state index contributed by atoms with van der Waals surface area (Å²) in [5.41, 5.74) is 3.98. The minimum absolute atomic E-state index is 0.0505. The van der Waals surface area contributed by atoms with Crippen LogP contribution in [0.5, 0.6) is 5.75 Å². The fourth-order valence-corrected chi connectivity index (χ4v) is 2.46. The Bertz CT molecular complexity index is 391. The van der Waals surface area contributed by atoms with E-state index in [1.165, 1.54) is 0 Å². The normalized spacial score (nSPS) is 14.6. The third kappa shape index (κ3) is 4.19. The van der Waals surface area contributed by atoms with Crippen molar-refractivity contribution in [3.63, 3.8) is 0 Å². The van der Waals surface area contributed by atoms with Gasteiger partial charge in [0.1, 0.15) is 0 Å². The average Bonchev–Trinajstić information content (AvgIpc) is 2.80. The molecule has 20 heavy (non-hydrogen) atoms. The zero-order valence-corrected chi connectivity index (χ0v) is 13.4. The standard InChI is InChI=1S/C14H29N5O/c1-6-7-11(2)13(17-15)14-12(20-5)10-16-19(14)9-8-18(3)4/h10-11,13,17H,6-9,15H2,1-5H3. The molecule has 0 aliphatic heterocycles. The van der Waals surface area contributed by atoms with Crippen molar-refractivity contribution >= 4 is 0 Å². The Balaban J connectivity index is 3.01. The topological polar surface area (TPSA) is 68.3 Å². The van der Waals surface area contributed by atoms with Gasteiger partial charge in [-0.1, -0.05) is 20.3 Å². The minimum atomic E-state index is 0.0505. The molecule has 0 fully saturated rings. The molecule has 1 rings (SSSR count). The molecule has 0 aliphatic rings. The SMILES string of the molecule is CCCC(C)C(NN)c1c(OC)cnn1CCN(C)C. The number of aromatic nitrogens is 2. The maximum Gasteiger partial charge on any atom is 0.161 e. The van der Waals surface area contributed by atoms with Gasteiger partial charge in [0, 0.05) is 6.54 Å². The molecule has 0 radical (unpaired) electrons. The molecule has 0 aliphatic carbocycles. The van der Waals surface area contributed by atoms with Gasteiger partial charge < -0.3 is 9.64 Å². The Hall–Kier alpha value is -1.11. The molecule has 6 heteroatoms. The van der Waals surface area contributed by atoms with Gasteiger partial charge in [0.15, 0.2) is 5.75 Å². The number of methoxy groups -OCH3 is 1. The first-order valence-corrected chi connectivity index (χ1v) is 7.25. The van der Waals surface area contributed by atoms with Gasteiger partial charge in [0.05, 0.1) is 31.6 Å². The highest BCUT2D eigenvalue weighted by Gasteiger charge is 2.25. The van der Waals surface area contributed by atoms with E-state index in [2.05, 4.69) is 43.4 Å². The van der Waals surface area contributed by atoms with E-state index in [1.807, 2.05) is 4.68 Å². The molecule has 2 unspecified atom stereocenters. The summed E-state index contributed by atoms with van der Waals surface area (Å²) >= 11 is 0. The number of rotatable bonds is 9. The maximum atomic E-state index is 5.79. The van der Waals surface area contributed by atoms with E-state index < -0.39 is 0 Å². The van der Waals surface area contributed by atoms with Crippen molar-refractivity contribution in [3.05, 3.63) is 11.9 Å². The molecule has 1 aromatic rings. The summed E-state index contributed by atoms with van der Waals surface area (Å²) in [4.78, 5) is 2.14. The molecule has 0 spiro atoms. The molecular weight excluding hydrogens is 254 g/mol. The zero-order valence-electron chi connectivity index (χ0n) is 13.4. The van der Waals surface area contributed by atoms with Gasteiger partial charge in [-0.25, -0.2) is 0 Å². The highest BCUT2D eigenvalue weighted by molar-refractivity contribution is 5.28. The highest BCUT2D eigenvalue weighted by atomic mass is 16.5. The van der Waals surface area contributed by atoms with Crippen molar-refractivity contribution in [1.29, 1.82) is 0 Å². The van der Waals surface area contributed by atoms with Crippen LogP contribution in [0, 0.1) is 5.92 Å². The molecule has 1 aromatic heterocycles. The number of likely N-dealkylation sites (N-methyl/N-ethyl adjacent to an activating group) is 1. The van der Waals surface area contributed by atoms with Crippen LogP contribution in [0.2, 0.25) is 0 Å². The van der Waals surface area contributed by atoms with Crippen molar-refractivity contribution < 1.29 is 4.74 Å². The summed E-state index contributed by atoms with van der Waals surface area (Å²) in [5, 5.41) is 4.44. The minimum Gasteiger partial charge on any atom is -0.493 e. The van der Waals surface area contributed by atoms with Crippen LogP contribution in [0.3, 0.4) is 0 Å². The first kappa shape index (κ1) is 16.9. The molecule has 116 valence electrons. The molecule has 0 aromatic carbocycles. The molecule has 1 heterocycles. The van der Waals surface area contributed by atoms with Crippen LogP contribution in [-0.2, 0) is 6.54 Å². The average molecular weight is 283 g/mol. The monoisotopic (exact) mass is 283 g/mol. The second-order valence-corrected chi connectivity index (χ2v) is 5.53. The largest absolute Gasteiger partial charge is 0.493 e. The van der Waals surface area contributed by atoms with Gasteiger partial charge in [-0.05, 0) is 26.4 Å². The number of hydrazine groups is 1. The lowest BCUT2D eigenvalue weighted by Crippen LogP contribution is -2.35. The smallest absolute Gasteiger partial charge is 0.161 e. The number of nitrogens with one attached hydrogen (secondary N) is 1. The Kier molecular flexibility index (Phi) is 6.98. The van der Waals surface area contributed by atoms with Gasteiger partial charge >= 0.3 is 0 Å². The van der Waals surface area contributed by atoms with Crippen LogP contribution >= 0.6 is 0 Å². The van der Waals surface area contributed by atoms with Crippen LogP contribution in [0.25, 0.3) is 0 Å². The number of hydrogen-bond acceptors (Lipinski definition) is 5. The van der Waals surface area contributed by atoms with Crippen molar-refractivity contribution in [1.82, 2.24) is 20.1 Å². The third-order valence-electron chi connectivity index (χ3n) is 3.61. The van der Waals surface area contributed by atoms with E-state index in [0.717, 1.165) is 37.4 Å². The van der Waals surface area contributed by atoms with Gasteiger partial charge in [-0.3, -0.25) is 16.0 Å². The van der Waals surface area contributed by atoms with Gasteiger partial charge in [-0.2, -0.15) is 5.10 Å². The Labute approximate surface area is 122 Å². The Morgan fingerprint density at radius 1 is 1.50 bits per heavy atom. The molecule has 0 saturated heterocycles. The second kappa shape index (κ2) is 8.24. The number of ether oxygens (including phenoxy) is 1. The van der Waals surface area contributed by atoms with Crippen LogP contribution in [-0.4, -0.2) is 42.4 Å².